The van der Waals surface area contributed by atoms with Gasteiger partial charge in [-0.2, -0.15) is 0 Å². The van der Waals surface area contributed by atoms with Crippen molar-refractivity contribution in [3.63, 3.8) is 0 Å². The number of fused-ring (bicyclic) bond motifs is 1. The fourth-order valence-electron chi connectivity index (χ4n) is 3.29. The first-order valence-electron chi connectivity index (χ1n) is 10.0. The molecule has 0 aliphatic carbocycles. The first-order chi connectivity index (χ1) is 15.9. The van der Waals surface area contributed by atoms with E-state index in [4.69, 9.17) is 13.9 Å². The zero-order valence-corrected chi connectivity index (χ0v) is 18.8. The molecule has 0 aliphatic heterocycles. The SMILES string of the molecule is COc1ccc(S(=O)(=O)Nc2cccc3oc(-c4ccncc4)nc23)c(CCOC(C)=O)c1. The van der Waals surface area contributed by atoms with Gasteiger partial charge < -0.3 is 13.9 Å². The third-order valence-electron chi connectivity index (χ3n) is 4.82. The number of rotatable bonds is 8. The molecule has 170 valence electrons. The maximum absolute atomic E-state index is 13.3. The summed E-state index contributed by atoms with van der Waals surface area (Å²) in [4.78, 5) is 19.6. The Hall–Kier alpha value is -3.92. The van der Waals surface area contributed by atoms with Crippen LogP contribution in [0.5, 0.6) is 5.75 Å². The largest absolute Gasteiger partial charge is 0.497 e. The molecule has 2 aromatic heterocycles. The highest BCUT2D eigenvalue weighted by molar-refractivity contribution is 7.92. The highest BCUT2D eigenvalue weighted by atomic mass is 32.2. The highest BCUT2D eigenvalue weighted by Crippen LogP contribution is 2.31. The van der Waals surface area contributed by atoms with E-state index < -0.39 is 16.0 Å². The van der Waals surface area contributed by atoms with Crippen molar-refractivity contribution in [2.24, 2.45) is 0 Å². The quantitative estimate of drug-likeness (QED) is 0.389. The Labute approximate surface area is 190 Å². The molecule has 2 heterocycles. The smallest absolute Gasteiger partial charge is 0.302 e. The van der Waals surface area contributed by atoms with Crippen LogP contribution in [0.3, 0.4) is 0 Å². The maximum atomic E-state index is 13.3. The number of hydrogen-bond donors (Lipinski definition) is 1. The van der Waals surface area contributed by atoms with Crippen LogP contribution >= 0.6 is 0 Å². The van der Waals surface area contributed by atoms with Gasteiger partial charge in [0.1, 0.15) is 11.3 Å². The van der Waals surface area contributed by atoms with Crippen molar-refractivity contribution in [1.82, 2.24) is 9.97 Å². The predicted molar refractivity (Wildman–Crippen MR) is 121 cm³/mol. The molecule has 9 nitrogen and oxygen atoms in total. The molecule has 0 bridgehead atoms. The summed E-state index contributed by atoms with van der Waals surface area (Å²) < 4.78 is 45.2. The van der Waals surface area contributed by atoms with E-state index in [-0.39, 0.29) is 23.6 Å². The summed E-state index contributed by atoms with van der Waals surface area (Å²) in [6, 6.07) is 13.1. The number of aromatic nitrogens is 2. The van der Waals surface area contributed by atoms with Gasteiger partial charge in [-0.15, -0.1) is 0 Å². The summed E-state index contributed by atoms with van der Waals surface area (Å²) in [5.41, 5.74) is 2.26. The van der Waals surface area contributed by atoms with E-state index in [0.717, 1.165) is 5.56 Å². The number of oxazole rings is 1. The molecule has 0 fully saturated rings. The molecule has 0 radical (unpaired) electrons. The highest BCUT2D eigenvalue weighted by Gasteiger charge is 2.22. The Kier molecular flexibility index (Phi) is 6.27. The van der Waals surface area contributed by atoms with E-state index in [9.17, 15) is 13.2 Å². The number of benzene rings is 2. The van der Waals surface area contributed by atoms with Crippen LogP contribution in [0.1, 0.15) is 12.5 Å². The van der Waals surface area contributed by atoms with Gasteiger partial charge in [-0.3, -0.25) is 14.5 Å². The van der Waals surface area contributed by atoms with Crippen molar-refractivity contribution in [3.05, 3.63) is 66.5 Å². The molecular formula is C23H21N3O6S. The Morgan fingerprint density at radius 2 is 1.91 bits per heavy atom. The van der Waals surface area contributed by atoms with Crippen molar-refractivity contribution in [1.29, 1.82) is 0 Å². The van der Waals surface area contributed by atoms with Crippen LogP contribution < -0.4 is 9.46 Å². The lowest BCUT2D eigenvalue weighted by molar-refractivity contribution is -0.140. The average Bonchev–Trinajstić information content (AvgIpc) is 3.24. The van der Waals surface area contributed by atoms with Gasteiger partial charge in [0.2, 0.25) is 5.89 Å². The molecule has 10 heteroatoms. The standard InChI is InChI=1S/C23H21N3O6S/c1-15(27)31-13-10-17-14-18(30-2)6-7-21(17)33(28,29)26-19-4-3-5-20-22(19)25-23(32-20)16-8-11-24-12-9-16/h3-9,11-12,14,26H,10,13H2,1-2H3. The van der Waals surface area contributed by atoms with E-state index in [0.29, 0.717) is 28.3 Å². The number of anilines is 1. The van der Waals surface area contributed by atoms with Crippen molar-refractivity contribution < 1.29 is 27.1 Å². The molecule has 0 atom stereocenters. The fraction of sp³-hybridized carbons (Fsp3) is 0.174. The first-order valence-corrected chi connectivity index (χ1v) is 11.5. The topological polar surface area (TPSA) is 121 Å². The van der Waals surface area contributed by atoms with E-state index in [1.54, 1.807) is 54.9 Å². The van der Waals surface area contributed by atoms with Crippen LogP contribution in [0.25, 0.3) is 22.6 Å². The van der Waals surface area contributed by atoms with E-state index in [1.165, 1.54) is 20.1 Å². The minimum atomic E-state index is -4.00. The zero-order valence-electron chi connectivity index (χ0n) is 17.9. The van der Waals surface area contributed by atoms with Crippen molar-refractivity contribution in [3.8, 4) is 17.2 Å². The lowest BCUT2D eigenvalue weighted by atomic mass is 10.1. The van der Waals surface area contributed by atoms with Crippen molar-refractivity contribution >= 4 is 32.8 Å². The number of methoxy groups -OCH3 is 1. The molecule has 0 amide bonds. The van der Waals surface area contributed by atoms with Crippen LogP contribution in [0.2, 0.25) is 0 Å². The van der Waals surface area contributed by atoms with Crippen molar-refractivity contribution in [2.75, 3.05) is 18.4 Å². The number of pyridine rings is 1. The second-order valence-corrected chi connectivity index (χ2v) is 8.73. The van der Waals surface area contributed by atoms with Gasteiger partial charge >= 0.3 is 5.97 Å². The number of carbonyl (C=O) groups excluding carboxylic acids is 1. The summed E-state index contributed by atoms with van der Waals surface area (Å²) in [7, 11) is -2.51. The Bertz CT molecular complexity index is 1400. The molecule has 0 spiro atoms. The van der Waals surface area contributed by atoms with Gasteiger partial charge in [-0.1, -0.05) is 6.07 Å². The van der Waals surface area contributed by atoms with E-state index in [1.807, 2.05) is 0 Å². The normalized spacial score (nSPS) is 11.3. The summed E-state index contributed by atoms with van der Waals surface area (Å²) in [6.45, 7) is 1.34. The molecular weight excluding hydrogens is 446 g/mol. The van der Waals surface area contributed by atoms with Gasteiger partial charge in [0.15, 0.2) is 5.58 Å². The number of hydrogen-bond acceptors (Lipinski definition) is 8. The van der Waals surface area contributed by atoms with Crippen LogP contribution in [0, 0.1) is 0 Å². The molecule has 0 aliphatic rings. The first kappa shape index (κ1) is 22.3. The Morgan fingerprint density at radius 3 is 2.64 bits per heavy atom. The summed E-state index contributed by atoms with van der Waals surface area (Å²) >= 11 is 0. The lowest BCUT2D eigenvalue weighted by Gasteiger charge is -2.14. The maximum Gasteiger partial charge on any atom is 0.302 e. The van der Waals surface area contributed by atoms with Crippen molar-refractivity contribution in [2.45, 2.75) is 18.2 Å². The third-order valence-corrected chi connectivity index (χ3v) is 6.29. The number of nitrogens with one attached hydrogen (secondary N) is 1. The molecule has 1 N–H and O–H groups in total. The molecule has 4 aromatic rings. The summed E-state index contributed by atoms with van der Waals surface area (Å²) in [5, 5.41) is 0. The van der Waals surface area contributed by atoms with Crippen LogP contribution in [0.15, 0.2) is 70.2 Å². The molecule has 0 saturated heterocycles. The lowest BCUT2D eigenvalue weighted by Crippen LogP contribution is -2.16. The third kappa shape index (κ3) is 4.96. The molecule has 0 unspecified atom stereocenters. The van der Waals surface area contributed by atoms with Gasteiger partial charge in [0.25, 0.3) is 10.0 Å². The number of nitrogens with zero attached hydrogens (tertiary/aromatic N) is 2. The average molecular weight is 468 g/mol. The molecule has 0 saturated carbocycles. The second kappa shape index (κ2) is 9.29. The summed E-state index contributed by atoms with van der Waals surface area (Å²) in [6.07, 6.45) is 3.44. The second-order valence-electron chi connectivity index (χ2n) is 7.08. The van der Waals surface area contributed by atoms with E-state index >= 15 is 0 Å². The van der Waals surface area contributed by atoms with Gasteiger partial charge in [0, 0.05) is 31.3 Å². The minimum Gasteiger partial charge on any atom is -0.497 e. The number of para-hydroxylation sites is 1. The number of sulfonamides is 1. The van der Waals surface area contributed by atoms with Crippen LogP contribution in [-0.2, 0) is 26.0 Å². The minimum absolute atomic E-state index is 0.0409. The molecule has 4 rings (SSSR count). The van der Waals surface area contributed by atoms with Crippen LogP contribution in [-0.4, -0.2) is 38.1 Å². The van der Waals surface area contributed by atoms with E-state index in [2.05, 4.69) is 14.7 Å². The number of esters is 1. The van der Waals surface area contributed by atoms with Gasteiger partial charge in [0.05, 0.1) is 24.3 Å². The van der Waals surface area contributed by atoms with Gasteiger partial charge in [-0.25, -0.2) is 13.4 Å². The monoisotopic (exact) mass is 467 g/mol. The summed E-state index contributed by atoms with van der Waals surface area (Å²) in [5.74, 6) is 0.404. The van der Waals surface area contributed by atoms with Crippen LogP contribution in [0.4, 0.5) is 5.69 Å². The number of ether oxygens (including phenoxy) is 2. The number of carbonyl (C=O) groups is 1. The zero-order chi connectivity index (χ0) is 23.4. The Balaban J connectivity index is 1.69. The fourth-order valence-corrected chi connectivity index (χ4v) is 4.61. The Morgan fingerprint density at radius 1 is 1.12 bits per heavy atom. The molecule has 33 heavy (non-hydrogen) atoms. The predicted octanol–water partition coefficient (Wildman–Crippen LogP) is 3.80. The molecule has 2 aromatic carbocycles. The van der Waals surface area contributed by atoms with Gasteiger partial charge in [-0.05, 0) is 48.0 Å².